The van der Waals surface area contributed by atoms with Gasteiger partial charge < -0.3 is 121 Å². The summed E-state index contributed by atoms with van der Waals surface area (Å²) in [5.74, 6) is -10.3. The predicted octanol–water partition coefficient (Wildman–Crippen LogP) is 11.1. The van der Waals surface area contributed by atoms with Gasteiger partial charge in [-0.15, -0.1) is 0 Å². The number of benzene rings is 10. The Morgan fingerprint density at radius 3 is 0.897 bits per heavy atom. The van der Waals surface area contributed by atoms with E-state index in [0.717, 1.165) is 60.4 Å². The minimum Gasteiger partial charge on any atom is -0.454 e. The van der Waals surface area contributed by atoms with Crippen molar-refractivity contribution in [1.82, 2.24) is 73.9 Å². The largest absolute Gasteiger partial charge is 0.454 e. The first-order valence-corrected chi connectivity index (χ1v) is 44.9. The van der Waals surface area contributed by atoms with Crippen molar-refractivity contribution < 1.29 is 152 Å². The first-order chi connectivity index (χ1) is 87.0. The fourth-order valence-electron chi connectivity index (χ4n) is 21.3. The molecule has 5 saturated heterocycles. The van der Waals surface area contributed by atoms with E-state index in [1.54, 1.807) is 48.5 Å². The fourth-order valence-corrected chi connectivity index (χ4v) is 21.3. The molecule has 5 unspecified atom stereocenters. The number of hydrogen-bond acceptors (Lipinski definition) is 20. The Kier molecular flexibility index (Phi) is 12.8. The van der Waals surface area contributed by atoms with Gasteiger partial charge in [0.2, 0.25) is 92.9 Å². The van der Waals surface area contributed by atoms with Crippen LogP contribution in [0.4, 0.5) is 0 Å². The lowest BCUT2D eigenvalue weighted by molar-refractivity contribution is -0.157. The SMILES string of the molecule is [2H]C([2H])([2H])N1C(=O)[C@H]2Cc3c([nH]c4ccccc34)C(c3ccc4c(c3)OCO4)N2C(=O)C1([2H])[2H].[2H]c1c([2H])c(C2c3[nH]c4c([2H])c([2H])c([2H])c([2H])c4c3C[C@@H]3C(=O)N(C)C([2H])([2H])C(=O)N23)c([2H])c2c1OC([2H])([2H])O2.[2H]c1c([2H])c(C2c3[nH]c4c([2H])c([2H])c([2H])c([2H])c4c3C[C@@H]3C(=O)N(C)C([2H])([2H])C(=O)N23)c([2H])c2c1OCO2.[2H]c1c([2H])c(C2c3[nH]c4ccccc4c3C[C@@H]3C(=O)N(C)C([2H])([2H])C(=O)N23)c([2H])c2c1OC([2H])([2H])O2.[2H]c1c([2H])c([2H])c2c3c([nH]c2c1[2H])C(c1ccc2c(c1)OCO2)N1C(=O)C([2H])([2H])N(C([2H])([2H])[2H])C(=O)[C@H]1C3. The molecule has 730 valence electrons. The highest BCUT2D eigenvalue weighted by Gasteiger charge is 2.55. The van der Waals surface area contributed by atoms with Crippen molar-refractivity contribution in [1.29, 1.82) is 0 Å². The molecule has 0 aliphatic carbocycles. The van der Waals surface area contributed by atoms with E-state index in [4.69, 9.17) is 104 Å². The molecule has 0 radical (unpaired) electrons. The lowest BCUT2D eigenvalue weighted by Crippen LogP contribution is -2.62. The molecule has 5 aromatic heterocycles. The van der Waals surface area contributed by atoms with Crippen molar-refractivity contribution in [2.45, 2.75) is 92.5 Å². The predicted molar refractivity (Wildman–Crippen MR) is 523 cm³/mol. The number of H-pyrrole nitrogens is 5. The van der Waals surface area contributed by atoms with Gasteiger partial charge in [0.1, 0.15) is 35.7 Å². The molecule has 15 aliphatic rings. The van der Waals surface area contributed by atoms with Crippen LogP contribution in [0.25, 0.3) is 54.5 Å². The summed E-state index contributed by atoms with van der Waals surface area (Å²) in [5.41, 5.74) is 5.27. The highest BCUT2D eigenvalue weighted by molar-refractivity contribution is 6.03. The first kappa shape index (κ1) is 54.6. The van der Waals surface area contributed by atoms with Gasteiger partial charge in [0.15, 0.2) is 57.5 Å². The number of para-hydroxylation sites is 5. The van der Waals surface area contributed by atoms with Gasteiger partial charge in [0.05, 0.1) is 105 Å². The lowest BCUT2D eigenvalue weighted by Gasteiger charge is -2.46. The second-order valence-corrected chi connectivity index (χ2v) is 35.2. The molecule has 0 spiro atoms. The Balaban J connectivity index is 0.000000111. The number of nitrogens with one attached hydrogen (secondary N) is 5. The Labute approximate surface area is 884 Å². The third-order valence-electron chi connectivity index (χ3n) is 27.6. The summed E-state index contributed by atoms with van der Waals surface area (Å²) in [7, 11) is 3.48. The van der Waals surface area contributed by atoms with Gasteiger partial charge in [-0.25, -0.2) is 0 Å². The maximum Gasteiger partial charge on any atom is 0.245 e. The number of nitrogens with zero attached hydrogens (tertiary/aromatic N) is 10. The number of piperazine rings is 5. The standard InChI is InChI=1S/5C22H19N3O4/c5*1-24-10-19(26)25-16(22(24)27)9-14-13-4-2-3-5-15(13)23-20(14)21(25)12-6-7-17-18(8-12)29-11-28-17/h5*2-8,16,21,23H,9-11H2,1H3/t5*16-,21?/m11111/s1/i2D,3D,4D,5D,6D,7D,8D,10D2,11D2;2D,3D,4D,5D,6D,7D,8D,10D2;1D3,2D,3D,4D,5D,10D2;6D,7D,8D,10D2,11D2;1D3,10D2. The number of rotatable bonds is 5. The molecule has 0 bridgehead atoms. The van der Waals surface area contributed by atoms with Gasteiger partial charge in [0.25, 0.3) is 0 Å². The van der Waals surface area contributed by atoms with E-state index in [2.05, 4.69) is 24.9 Å². The van der Waals surface area contributed by atoms with Crippen LogP contribution in [0, 0.1) is 0 Å². The molecule has 15 aromatic rings. The van der Waals surface area contributed by atoms with Gasteiger partial charge in [-0.2, -0.15) is 0 Å². The van der Waals surface area contributed by atoms with Crippen molar-refractivity contribution in [3.63, 3.8) is 0 Å². The number of fused-ring (bicyclic) bond motifs is 25. The zero-order chi connectivity index (χ0) is 134. The summed E-state index contributed by atoms with van der Waals surface area (Å²) in [5, 5.41) is 1.87. The molecule has 35 heteroatoms. The van der Waals surface area contributed by atoms with Crippen LogP contribution < -0.4 is 47.4 Å². The molecule has 5 fully saturated rings. The molecule has 10 amide bonds. The van der Waals surface area contributed by atoms with E-state index in [-0.39, 0.29) is 170 Å². The smallest absolute Gasteiger partial charge is 0.245 e. The highest BCUT2D eigenvalue weighted by Crippen LogP contribution is 2.53. The third kappa shape index (κ3) is 14.2. The molecule has 5 N–H and O–H groups in total. The summed E-state index contributed by atoms with van der Waals surface area (Å²) in [4.78, 5) is 158. The number of likely N-dealkylation sites (N-methyl/N-ethyl adjacent to an activating group) is 5. The van der Waals surface area contributed by atoms with Crippen molar-refractivity contribution >= 4 is 114 Å². The number of hydrogen-bond donors (Lipinski definition) is 5. The van der Waals surface area contributed by atoms with Crippen LogP contribution in [-0.2, 0) is 80.0 Å². The molecule has 10 atom stereocenters. The summed E-state index contributed by atoms with van der Waals surface area (Å²) in [6, 6.07) is 1.47. The van der Waals surface area contributed by atoms with Gasteiger partial charge in [-0.3, -0.25) is 47.9 Å². The monoisotopic (exact) mass is 1990 g/mol. The fraction of sp³-hybridized carbons (Fsp3) is 0.273. The highest BCUT2D eigenvalue weighted by atomic mass is 16.7. The van der Waals surface area contributed by atoms with E-state index < -0.39 is 311 Å². The Morgan fingerprint density at radius 2 is 0.545 bits per heavy atom. The molecule has 145 heavy (non-hydrogen) atoms. The van der Waals surface area contributed by atoms with Crippen molar-refractivity contribution in [2.24, 2.45) is 0 Å². The average Bonchev–Trinajstić information content (AvgIpc) is 1.50. The Hall–Kier alpha value is -17.4. The number of aromatic amines is 5. The molecule has 35 nitrogen and oxygen atoms in total. The van der Waals surface area contributed by atoms with Gasteiger partial charge in [-0.05, 0) is 146 Å². The molecular weight excluding hydrogens is 1850 g/mol. The normalized spacial score (nSPS) is 29.5. The van der Waals surface area contributed by atoms with Crippen LogP contribution in [0.1, 0.15) is 171 Å². The van der Waals surface area contributed by atoms with E-state index in [0.29, 0.717) is 72.0 Å². The molecule has 20 heterocycles. The maximum absolute atomic E-state index is 13.7. The second-order valence-electron chi connectivity index (χ2n) is 35.2. The summed E-state index contributed by atoms with van der Waals surface area (Å²) in [6.45, 7) is -26.6. The molecule has 15 aliphatic heterocycles. The van der Waals surface area contributed by atoms with Gasteiger partial charge >= 0.3 is 0 Å². The number of carbonyl (C=O) groups is 10. The number of amides is 10. The van der Waals surface area contributed by atoms with E-state index in [1.165, 1.54) is 11.9 Å². The van der Waals surface area contributed by atoms with Crippen LogP contribution in [0.5, 0.6) is 57.5 Å². The van der Waals surface area contributed by atoms with Crippen LogP contribution in [0.15, 0.2) is 212 Å². The lowest BCUT2D eigenvalue weighted by atomic mass is 9.86. The topological polar surface area (TPSA) is 374 Å². The number of ether oxygens (including phenoxy) is 10. The Morgan fingerprint density at radius 1 is 0.276 bits per heavy atom. The minimum atomic E-state index is -3.25. The zero-order valence-corrected chi connectivity index (χ0v) is 75.2. The van der Waals surface area contributed by atoms with Crippen LogP contribution in [0.2, 0.25) is 0 Å². The van der Waals surface area contributed by atoms with Gasteiger partial charge in [-0.1, -0.05) is 121 Å². The van der Waals surface area contributed by atoms with E-state index in [1.807, 2.05) is 36.4 Å². The zero-order valence-electron chi connectivity index (χ0n) is 116. The summed E-state index contributed by atoms with van der Waals surface area (Å²) < 4.78 is 390. The van der Waals surface area contributed by atoms with Crippen LogP contribution >= 0.6 is 0 Å². The molecular formula is C110H95N15O20. The molecule has 0 saturated carbocycles. The van der Waals surface area contributed by atoms with Crippen LogP contribution in [-0.4, -0.2) is 265 Å². The van der Waals surface area contributed by atoms with Crippen molar-refractivity contribution in [3.8, 4) is 57.5 Å². The van der Waals surface area contributed by atoms with E-state index in [9.17, 15) is 47.9 Å². The van der Waals surface area contributed by atoms with Crippen molar-refractivity contribution in [2.75, 3.05) is 101 Å². The average molecular weight is 1990 g/mol. The Bertz CT molecular complexity index is 10400. The minimum absolute atomic E-state index is 0.00280. The summed E-state index contributed by atoms with van der Waals surface area (Å²) >= 11 is 0. The maximum atomic E-state index is 13.7. The van der Waals surface area contributed by atoms with Crippen molar-refractivity contribution in [3.05, 3.63) is 296 Å². The molecule has 30 rings (SSSR count). The second kappa shape index (κ2) is 33.9. The van der Waals surface area contributed by atoms with Crippen LogP contribution in [0.3, 0.4) is 0 Å². The third-order valence-corrected chi connectivity index (χ3v) is 27.6. The molecule has 10 aromatic carbocycles. The summed E-state index contributed by atoms with van der Waals surface area (Å²) in [6.07, 6.45) is -0.597. The first-order valence-electron chi connectivity index (χ1n) is 65.4. The van der Waals surface area contributed by atoms with E-state index >= 15 is 0 Å². The number of carbonyl (C=O) groups excluding carboxylic acids is 10. The quantitative estimate of drug-likeness (QED) is 0.107. The number of aromatic nitrogens is 5. The van der Waals surface area contributed by atoms with Gasteiger partial charge in [0, 0.05) is 158 Å².